The van der Waals surface area contributed by atoms with E-state index < -0.39 is 5.97 Å². The lowest BCUT2D eigenvalue weighted by Gasteiger charge is -2.00. The minimum Gasteiger partial charge on any atom is -0.423 e. The summed E-state index contributed by atoms with van der Waals surface area (Å²) < 4.78 is 5.11. The molecule has 2 aromatic rings. The number of hydrogen-bond acceptors (Lipinski definition) is 3. The number of rotatable bonds is 3. The molecule has 0 radical (unpaired) electrons. The molecular weight excluding hydrogens is 226 g/mol. The molecule has 0 spiro atoms. The molecule has 0 unspecified atom stereocenters. The third-order valence-corrected chi connectivity index (χ3v) is 2.36. The van der Waals surface area contributed by atoms with Gasteiger partial charge in [0.15, 0.2) is 0 Å². The number of nitrogens with two attached hydrogens (primary N) is 1. The second kappa shape index (κ2) is 5.68. The molecule has 2 rings (SSSR count). The van der Waals surface area contributed by atoms with Gasteiger partial charge in [0.25, 0.3) is 0 Å². The Hall–Kier alpha value is -2.55. The summed E-state index contributed by atoms with van der Waals surface area (Å²) in [4.78, 5) is 11.5. The lowest BCUT2D eigenvalue weighted by atomic mass is 10.2. The summed E-state index contributed by atoms with van der Waals surface area (Å²) in [6, 6.07) is 16.2. The third kappa shape index (κ3) is 3.22. The SMILES string of the molecule is Nc1ccccc1/C=C/C(=O)Oc1ccccc1. The quantitative estimate of drug-likeness (QED) is 0.388. The zero-order valence-corrected chi connectivity index (χ0v) is 9.74. The molecule has 0 saturated carbocycles. The Balaban J connectivity index is 2.02. The minimum absolute atomic E-state index is 0.426. The molecule has 0 aliphatic heterocycles. The van der Waals surface area contributed by atoms with E-state index in [1.54, 1.807) is 24.3 Å². The Bertz CT molecular complexity index is 562. The molecule has 0 aromatic heterocycles. The zero-order valence-electron chi connectivity index (χ0n) is 9.74. The standard InChI is InChI=1S/C15H13NO2/c16-14-9-5-4-6-12(14)10-11-15(17)18-13-7-2-1-3-8-13/h1-11H,16H2/b11-10+. The van der Waals surface area contributed by atoms with Crippen LogP contribution in [0.15, 0.2) is 60.7 Å². The molecule has 0 aliphatic rings. The summed E-state index contributed by atoms with van der Waals surface area (Å²) in [5.74, 6) is 0.0950. The molecule has 2 aromatic carbocycles. The van der Waals surface area contributed by atoms with E-state index in [2.05, 4.69) is 0 Å². The Morgan fingerprint density at radius 3 is 2.39 bits per heavy atom. The first-order valence-electron chi connectivity index (χ1n) is 5.55. The summed E-state index contributed by atoms with van der Waals surface area (Å²) in [5.41, 5.74) is 7.18. The van der Waals surface area contributed by atoms with Crippen LogP contribution in [0.4, 0.5) is 5.69 Å². The van der Waals surface area contributed by atoms with E-state index >= 15 is 0 Å². The summed E-state index contributed by atoms with van der Waals surface area (Å²) in [6.07, 6.45) is 3.00. The fourth-order valence-corrected chi connectivity index (χ4v) is 1.46. The first kappa shape index (κ1) is 11.9. The molecule has 18 heavy (non-hydrogen) atoms. The van der Waals surface area contributed by atoms with Gasteiger partial charge in [0.05, 0.1) is 0 Å². The molecule has 0 heterocycles. The van der Waals surface area contributed by atoms with E-state index in [-0.39, 0.29) is 0 Å². The maximum Gasteiger partial charge on any atom is 0.336 e. The topological polar surface area (TPSA) is 52.3 Å². The van der Waals surface area contributed by atoms with Crippen molar-refractivity contribution in [3.05, 3.63) is 66.2 Å². The lowest BCUT2D eigenvalue weighted by molar-refractivity contribution is -0.128. The number of carbonyl (C=O) groups is 1. The van der Waals surface area contributed by atoms with E-state index in [9.17, 15) is 4.79 Å². The summed E-state index contributed by atoms with van der Waals surface area (Å²) in [5, 5.41) is 0. The smallest absolute Gasteiger partial charge is 0.336 e. The molecule has 3 heteroatoms. The van der Waals surface area contributed by atoms with E-state index in [1.165, 1.54) is 6.08 Å². The number of esters is 1. The van der Waals surface area contributed by atoms with Crippen molar-refractivity contribution in [2.45, 2.75) is 0 Å². The number of nitrogen functional groups attached to an aromatic ring is 1. The maximum atomic E-state index is 11.5. The summed E-state index contributed by atoms with van der Waals surface area (Å²) >= 11 is 0. The number of anilines is 1. The average molecular weight is 239 g/mol. The predicted octanol–water partition coefficient (Wildman–Crippen LogP) is 2.89. The van der Waals surface area contributed by atoms with E-state index in [1.807, 2.05) is 36.4 Å². The van der Waals surface area contributed by atoms with Crippen molar-refractivity contribution >= 4 is 17.7 Å². The summed E-state index contributed by atoms with van der Waals surface area (Å²) in [7, 11) is 0. The van der Waals surface area contributed by atoms with E-state index in [0.29, 0.717) is 11.4 Å². The van der Waals surface area contributed by atoms with Crippen molar-refractivity contribution in [3.63, 3.8) is 0 Å². The van der Waals surface area contributed by atoms with Gasteiger partial charge in [0, 0.05) is 11.8 Å². The van der Waals surface area contributed by atoms with Gasteiger partial charge in [-0.25, -0.2) is 4.79 Å². The largest absolute Gasteiger partial charge is 0.423 e. The van der Waals surface area contributed by atoms with Gasteiger partial charge in [-0.2, -0.15) is 0 Å². The first-order chi connectivity index (χ1) is 8.75. The van der Waals surface area contributed by atoms with Gasteiger partial charge in [-0.1, -0.05) is 36.4 Å². The van der Waals surface area contributed by atoms with Gasteiger partial charge in [-0.15, -0.1) is 0 Å². The molecule has 3 nitrogen and oxygen atoms in total. The highest BCUT2D eigenvalue weighted by atomic mass is 16.5. The number of carbonyl (C=O) groups excluding carboxylic acids is 1. The maximum absolute atomic E-state index is 11.5. The van der Waals surface area contributed by atoms with Crippen LogP contribution in [0.3, 0.4) is 0 Å². The third-order valence-electron chi connectivity index (χ3n) is 2.36. The van der Waals surface area contributed by atoms with Gasteiger partial charge in [-0.05, 0) is 29.8 Å². The highest BCUT2D eigenvalue weighted by Gasteiger charge is 1.99. The predicted molar refractivity (Wildman–Crippen MR) is 72.0 cm³/mol. The highest BCUT2D eigenvalue weighted by molar-refractivity contribution is 5.89. The number of ether oxygens (including phenoxy) is 1. The van der Waals surface area contributed by atoms with Crippen LogP contribution >= 0.6 is 0 Å². The lowest BCUT2D eigenvalue weighted by Crippen LogP contribution is -2.03. The minimum atomic E-state index is -0.426. The fraction of sp³-hybridized carbons (Fsp3) is 0. The molecular formula is C15H13NO2. The van der Waals surface area contributed by atoms with Crippen LogP contribution in [-0.4, -0.2) is 5.97 Å². The van der Waals surface area contributed by atoms with Crippen molar-refractivity contribution in [2.24, 2.45) is 0 Å². The van der Waals surface area contributed by atoms with Crippen LogP contribution in [0.25, 0.3) is 6.08 Å². The van der Waals surface area contributed by atoms with Crippen molar-refractivity contribution in [1.29, 1.82) is 0 Å². The normalized spacial score (nSPS) is 10.4. The second-order valence-corrected chi connectivity index (χ2v) is 3.70. The van der Waals surface area contributed by atoms with Crippen molar-refractivity contribution in [3.8, 4) is 5.75 Å². The highest BCUT2D eigenvalue weighted by Crippen LogP contribution is 2.13. The van der Waals surface area contributed by atoms with E-state index in [0.717, 1.165) is 5.56 Å². The molecule has 2 N–H and O–H groups in total. The Morgan fingerprint density at radius 1 is 1.00 bits per heavy atom. The second-order valence-electron chi connectivity index (χ2n) is 3.70. The number of para-hydroxylation sites is 2. The molecule has 0 atom stereocenters. The molecule has 0 amide bonds. The van der Waals surface area contributed by atoms with Crippen LogP contribution < -0.4 is 10.5 Å². The van der Waals surface area contributed by atoms with Crippen LogP contribution in [-0.2, 0) is 4.79 Å². The average Bonchev–Trinajstić information content (AvgIpc) is 2.39. The van der Waals surface area contributed by atoms with Gasteiger partial charge in [0.2, 0.25) is 0 Å². The van der Waals surface area contributed by atoms with Gasteiger partial charge in [0.1, 0.15) is 5.75 Å². The molecule has 0 bridgehead atoms. The molecule has 0 saturated heterocycles. The molecule has 0 fully saturated rings. The Kier molecular flexibility index (Phi) is 3.76. The molecule has 90 valence electrons. The van der Waals surface area contributed by atoms with Crippen LogP contribution in [0.1, 0.15) is 5.56 Å². The first-order valence-corrected chi connectivity index (χ1v) is 5.55. The van der Waals surface area contributed by atoms with Gasteiger partial charge >= 0.3 is 5.97 Å². The van der Waals surface area contributed by atoms with E-state index in [4.69, 9.17) is 10.5 Å². The van der Waals surface area contributed by atoms with Crippen molar-refractivity contribution in [2.75, 3.05) is 5.73 Å². The number of benzene rings is 2. The molecule has 0 aliphatic carbocycles. The number of hydrogen-bond donors (Lipinski definition) is 1. The van der Waals surface area contributed by atoms with Gasteiger partial charge in [-0.3, -0.25) is 0 Å². The fourth-order valence-electron chi connectivity index (χ4n) is 1.46. The monoisotopic (exact) mass is 239 g/mol. The van der Waals surface area contributed by atoms with Gasteiger partial charge < -0.3 is 10.5 Å². The van der Waals surface area contributed by atoms with Crippen LogP contribution in [0.2, 0.25) is 0 Å². The Labute approximate surface area is 106 Å². The zero-order chi connectivity index (χ0) is 12.8. The Morgan fingerprint density at radius 2 is 1.67 bits per heavy atom. The van der Waals surface area contributed by atoms with Crippen molar-refractivity contribution in [1.82, 2.24) is 0 Å². The van der Waals surface area contributed by atoms with Crippen LogP contribution in [0, 0.1) is 0 Å². The van der Waals surface area contributed by atoms with Crippen molar-refractivity contribution < 1.29 is 9.53 Å². The summed E-state index contributed by atoms with van der Waals surface area (Å²) in [6.45, 7) is 0. The van der Waals surface area contributed by atoms with Crippen LogP contribution in [0.5, 0.6) is 5.75 Å².